The van der Waals surface area contributed by atoms with Crippen molar-refractivity contribution >= 4 is 45.7 Å². The Bertz CT molecular complexity index is 1030. The van der Waals surface area contributed by atoms with Crippen LogP contribution < -0.4 is 11.1 Å². The number of nitrogens with one attached hydrogen (secondary N) is 2. The van der Waals surface area contributed by atoms with Crippen LogP contribution in [0.15, 0.2) is 30.1 Å². The highest BCUT2D eigenvalue weighted by molar-refractivity contribution is 7.13. The zero-order valence-electron chi connectivity index (χ0n) is 13.5. The first-order valence-corrected chi connectivity index (χ1v) is 9.55. The molecule has 3 heterocycles. The van der Waals surface area contributed by atoms with Crippen molar-refractivity contribution in [2.75, 3.05) is 5.32 Å². The SMILES string of the molecule is NC(=O)C1C2C=CC(C2)C1Nc1c(Cl)cnc2nc(-c3cncs3)[nH]c12. The number of aromatic nitrogens is 4. The summed E-state index contributed by atoms with van der Waals surface area (Å²) in [7, 11) is 0. The molecule has 1 fully saturated rings. The molecule has 132 valence electrons. The van der Waals surface area contributed by atoms with E-state index in [1.165, 1.54) is 11.3 Å². The minimum absolute atomic E-state index is 0.0826. The molecule has 0 aliphatic heterocycles. The lowest BCUT2D eigenvalue weighted by Crippen LogP contribution is -2.41. The molecule has 1 amide bonds. The van der Waals surface area contributed by atoms with Crippen LogP contribution >= 0.6 is 22.9 Å². The topological polar surface area (TPSA) is 110 Å². The zero-order valence-corrected chi connectivity index (χ0v) is 15.1. The molecule has 0 radical (unpaired) electrons. The number of primary amides is 1. The minimum atomic E-state index is -0.282. The van der Waals surface area contributed by atoms with E-state index in [9.17, 15) is 4.79 Å². The lowest BCUT2D eigenvalue weighted by Gasteiger charge is -2.28. The van der Waals surface area contributed by atoms with Crippen molar-refractivity contribution in [2.45, 2.75) is 12.5 Å². The molecule has 4 atom stereocenters. The molecule has 3 aromatic heterocycles. The zero-order chi connectivity index (χ0) is 17.8. The smallest absolute Gasteiger partial charge is 0.223 e. The standard InChI is InChI=1S/C17H15ClN6OS/c18-9-4-21-17-14(23-16(24-17)10-5-20-6-26-10)13(9)22-12-8-2-1-7(3-8)11(12)15(19)25/h1-2,4-8,11-12H,3H2,(H2,19,25)(H2,21,22,23,24). The number of hydrogen-bond acceptors (Lipinski definition) is 6. The number of imidazole rings is 1. The Kier molecular flexibility index (Phi) is 3.51. The summed E-state index contributed by atoms with van der Waals surface area (Å²) < 4.78 is 0. The van der Waals surface area contributed by atoms with E-state index in [2.05, 4.69) is 37.4 Å². The molecular formula is C17H15ClN6OS. The molecule has 2 aliphatic carbocycles. The van der Waals surface area contributed by atoms with Gasteiger partial charge in [-0.25, -0.2) is 9.97 Å². The van der Waals surface area contributed by atoms with Crippen molar-refractivity contribution in [1.82, 2.24) is 19.9 Å². The first-order chi connectivity index (χ1) is 12.6. The number of allylic oxidation sites excluding steroid dienone is 1. The average molecular weight is 387 g/mol. The summed E-state index contributed by atoms with van der Waals surface area (Å²) in [6, 6.07) is -0.0826. The Hall–Kier alpha value is -2.45. The monoisotopic (exact) mass is 386 g/mol. The maximum absolute atomic E-state index is 12.0. The number of aromatic amines is 1. The highest BCUT2D eigenvalue weighted by Crippen LogP contribution is 2.46. The number of carbonyl (C=O) groups is 1. The number of pyridine rings is 1. The summed E-state index contributed by atoms with van der Waals surface area (Å²) in [5, 5.41) is 3.94. The Morgan fingerprint density at radius 3 is 2.96 bits per heavy atom. The number of carbonyl (C=O) groups excluding carboxylic acids is 1. The second-order valence-corrected chi connectivity index (χ2v) is 7.97. The third-order valence-electron chi connectivity index (χ3n) is 5.24. The Labute approximate surface area is 157 Å². The molecule has 4 unspecified atom stereocenters. The summed E-state index contributed by atoms with van der Waals surface area (Å²) in [4.78, 5) is 29.1. The second-order valence-electron chi connectivity index (χ2n) is 6.68. The predicted molar refractivity (Wildman–Crippen MR) is 101 cm³/mol. The summed E-state index contributed by atoms with van der Waals surface area (Å²) in [6.45, 7) is 0. The number of thiazole rings is 1. The van der Waals surface area contributed by atoms with Gasteiger partial charge in [0.1, 0.15) is 5.52 Å². The van der Waals surface area contributed by atoms with Crippen molar-refractivity contribution in [3.8, 4) is 10.7 Å². The summed E-state index contributed by atoms with van der Waals surface area (Å²) in [5.74, 6) is 0.629. The van der Waals surface area contributed by atoms with Gasteiger partial charge in [0.05, 0.1) is 33.2 Å². The van der Waals surface area contributed by atoms with Crippen molar-refractivity contribution in [2.24, 2.45) is 23.5 Å². The van der Waals surface area contributed by atoms with E-state index >= 15 is 0 Å². The van der Waals surface area contributed by atoms with Crippen LogP contribution in [0, 0.1) is 17.8 Å². The number of halogens is 1. The molecular weight excluding hydrogens is 372 g/mol. The quantitative estimate of drug-likeness (QED) is 0.597. The maximum Gasteiger partial charge on any atom is 0.223 e. The number of nitrogens with two attached hydrogens (primary N) is 1. The largest absolute Gasteiger partial charge is 0.378 e. The maximum atomic E-state index is 12.0. The van der Waals surface area contributed by atoms with Crippen LogP contribution in [0.25, 0.3) is 21.9 Å². The number of H-pyrrole nitrogens is 1. The Morgan fingerprint density at radius 1 is 1.35 bits per heavy atom. The number of nitrogens with zero attached hydrogens (tertiary/aromatic N) is 3. The van der Waals surface area contributed by atoms with Gasteiger partial charge in [0.15, 0.2) is 11.5 Å². The van der Waals surface area contributed by atoms with Gasteiger partial charge in [0.2, 0.25) is 5.91 Å². The van der Waals surface area contributed by atoms with Crippen molar-refractivity contribution in [3.05, 3.63) is 35.1 Å². The van der Waals surface area contributed by atoms with Gasteiger partial charge in [0, 0.05) is 12.2 Å². The molecule has 2 bridgehead atoms. The first-order valence-electron chi connectivity index (χ1n) is 8.29. The minimum Gasteiger partial charge on any atom is -0.378 e. The van der Waals surface area contributed by atoms with Gasteiger partial charge in [-0.05, 0) is 18.3 Å². The molecule has 2 aliphatic rings. The van der Waals surface area contributed by atoms with E-state index in [1.807, 2.05) is 0 Å². The fraction of sp³-hybridized carbons (Fsp3) is 0.294. The number of anilines is 1. The summed E-state index contributed by atoms with van der Waals surface area (Å²) >= 11 is 7.92. The number of fused-ring (bicyclic) bond motifs is 3. The van der Waals surface area contributed by atoms with E-state index in [0.29, 0.717) is 22.2 Å². The fourth-order valence-corrected chi connectivity index (χ4v) is 4.86. The highest BCUT2D eigenvalue weighted by Gasteiger charge is 2.47. The molecule has 0 spiro atoms. The van der Waals surface area contributed by atoms with Crippen LogP contribution in [0.4, 0.5) is 5.69 Å². The third-order valence-corrected chi connectivity index (χ3v) is 6.30. The fourth-order valence-electron chi connectivity index (χ4n) is 4.10. The van der Waals surface area contributed by atoms with Crippen molar-refractivity contribution in [3.63, 3.8) is 0 Å². The molecule has 26 heavy (non-hydrogen) atoms. The number of rotatable bonds is 4. The average Bonchev–Trinajstić information content (AvgIpc) is 3.39. The van der Waals surface area contributed by atoms with Crippen molar-refractivity contribution < 1.29 is 4.79 Å². The van der Waals surface area contributed by atoms with Gasteiger partial charge in [-0.1, -0.05) is 23.8 Å². The molecule has 4 N–H and O–H groups in total. The Morgan fingerprint density at radius 2 is 2.19 bits per heavy atom. The second kappa shape index (κ2) is 5.78. The van der Waals surface area contributed by atoms with Crippen LogP contribution in [0.5, 0.6) is 0 Å². The van der Waals surface area contributed by atoms with E-state index < -0.39 is 0 Å². The van der Waals surface area contributed by atoms with Crippen LogP contribution in [0.2, 0.25) is 5.02 Å². The Balaban J connectivity index is 1.57. The summed E-state index contributed by atoms with van der Waals surface area (Å²) in [6.07, 6.45) is 8.52. The van der Waals surface area contributed by atoms with Crippen LogP contribution in [-0.4, -0.2) is 31.9 Å². The molecule has 7 nitrogen and oxygen atoms in total. The molecule has 9 heteroatoms. The molecule has 1 saturated carbocycles. The number of amides is 1. The van der Waals surface area contributed by atoms with Crippen molar-refractivity contribution in [1.29, 1.82) is 0 Å². The molecule has 3 aromatic rings. The van der Waals surface area contributed by atoms with Gasteiger partial charge in [-0.3, -0.25) is 9.78 Å². The van der Waals surface area contributed by atoms with Crippen LogP contribution in [0.1, 0.15) is 6.42 Å². The molecule has 0 saturated heterocycles. The lowest BCUT2D eigenvalue weighted by atomic mass is 9.88. The normalized spacial score (nSPS) is 26.7. The predicted octanol–water partition coefficient (Wildman–Crippen LogP) is 2.82. The first kappa shape index (κ1) is 15.8. The molecule has 0 aromatic carbocycles. The highest BCUT2D eigenvalue weighted by atomic mass is 35.5. The van der Waals surface area contributed by atoms with E-state index in [0.717, 1.165) is 16.8 Å². The van der Waals surface area contributed by atoms with E-state index in [1.54, 1.807) is 17.9 Å². The van der Waals surface area contributed by atoms with E-state index in [-0.39, 0.29) is 29.7 Å². The van der Waals surface area contributed by atoms with Gasteiger partial charge in [0.25, 0.3) is 0 Å². The van der Waals surface area contributed by atoms with E-state index in [4.69, 9.17) is 17.3 Å². The third kappa shape index (κ3) is 2.33. The lowest BCUT2D eigenvalue weighted by molar-refractivity contribution is -0.122. The van der Waals surface area contributed by atoms with Gasteiger partial charge in [-0.2, -0.15) is 0 Å². The van der Waals surface area contributed by atoms with Gasteiger partial charge >= 0.3 is 0 Å². The summed E-state index contributed by atoms with van der Waals surface area (Å²) in [5.41, 5.74) is 9.40. The van der Waals surface area contributed by atoms with Gasteiger partial charge in [-0.15, -0.1) is 11.3 Å². The molecule has 5 rings (SSSR count). The number of hydrogen-bond donors (Lipinski definition) is 3. The van der Waals surface area contributed by atoms with Gasteiger partial charge < -0.3 is 16.0 Å². The van der Waals surface area contributed by atoms with Crippen LogP contribution in [-0.2, 0) is 4.79 Å². The van der Waals surface area contributed by atoms with Crippen LogP contribution in [0.3, 0.4) is 0 Å².